The molecule has 0 saturated heterocycles. The van der Waals surface area contributed by atoms with Gasteiger partial charge in [0.05, 0.1) is 5.69 Å². The highest BCUT2D eigenvalue weighted by Crippen LogP contribution is 2.39. The Kier molecular flexibility index (Phi) is 3.78. The number of aromatic hydroxyl groups is 1. The number of aryl methyl sites for hydroxylation is 1. The number of benzene rings is 1. The van der Waals surface area contributed by atoms with Crippen LogP contribution in [0.1, 0.15) is 23.5 Å². The van der Waals surface area contributed by atoms with Gasteiger partial charge in [0, 0.05) is 23.7 Å². The first kappa shape index (κ1) is 13.8. The summed E-state index contributed by atoms with van der Waals surface area (Å²) in [5, 5.41) is 9.70. The minimum atomic E-state index is 0. The number of rotatable bonds is 2. The molecule has 2 aromatic rings. The molecule has 2 atom stereocenters. The van der Waals surface area contributed by atoms with Crippen LogP contribution >= 0.6 is 12.4 Å². The van der Waals surface area contributed by atoms with Gasteiger partial charge in [0.2, 0.25) is 0 Å². The highest BCUT2D eigenvalue weighted by molar-refractivity contribution is 5.85. The summed E-state index contributed by atoms with van der Waals surface area (Å²) in [4.78, 5) is 4.45. The van der Waals surface area contributed by atoms with Gasteiger partial charge in [-0.15, -0.1) is 12.4 Å². The monoisotopic (exact) mass is 276 g/mol. The molecule has 3 N–H and O–H groups in total. The molecular formula is C15H17ClN2O. The lowest BCUT2D eigenvalue weighted by molar-refractivity contribution is 0.471. The number of hydrogen-bond acceptors (Lipinski definition) is 3. The van der Waals surface area contributed by atoms with Gasteiger partial charge in [0.15, 0.2) is 0 Å². The summed E-state index contributed by atoms with van der Waals surface area (Å²) in [6.45, 7) is 1.88. The molecule has 19 heavy (non-hydrogen) atoms. The fourth-order valence-corrected chi connectivity index (χ4v) is 2.16. The molecule has 1 aromatic carbocycles. The second-order valence-corrected chi connectivity index (χ2v) is 4.98. The molecule has 0 spiro atoms. The quantitative estimate of drug-likeness (QED) is 0.886. The van der Waals surface area contributed by atoms with E-state index in [4.69, 9.17) is 5.73 Å². The van der Waals surface area contributed by atoms with Gasteiger partial charge in [-0.1, -0.05) is 18.2 Å². The van der Waals surface area contributed by atoms with E-state index in [1.54, 1.807) is 6.07 Å². The van der Waals surface area contributed by atoms with Crippen molar-refractivity contribution in [2.24, 2.45) is 5.73 Å². The van der Waals surface area contributed by atoms with Gasteiger partial charge >= 0.3 is 0 Å². The lowest BCUT2D eigenvalue weighted by Gasteiger charge is -2.05. The van der Waals surface area contributed by atoms with Gasteiger partial charge in [-0.25, -0.2) is 0 Å². The topological polar surface area (TPSA) is 59.1 Å². The van der Waals surface area contributed by atoms with Crippen LogP contribution in [0.15, 0.2) is 36.5 Å². The zero-order chi connectivity index (χ0) is 12.7. The third-order valence-corrected chi connectivity index (χ3v) is 3.56. The standard InChI is InChI=1S/C15H16N2O.ClH/c1-9-2-3-10(6-15(9)18)14-5-4-11(8-17-14)12-7-13(12)16;/h2-6,8,12-13,18H,7,16H2,1H3;1H/t12-,13+;/m1./s1. The Morgan fingerprint density at radius 1 is 1.26 bits per heavy atom. The van der Waals surface area contributed by atoms with Crippen molar-refractivity contribution >= 4 is 12.4 Å². The van der Waals surface area contributed by atoms with Crippen molar-refractivity contribution < 1.29 is 5.11 Å². The van der Waals surface area contributed by atoms with Gasteiger partial charge in [-0.05, 0) is 36.6 Å². The third kappa shape index (κ3) is 2.72. The minimum absolute atomic E-state index is 0. The summed E-state index contributed by atoms with van der Waals surface area (Å²) in [5.74, 6) is 0.792. The van der Waals surface area contributed by atoms with Crippen LogP contribution < -0.4 is 5.73 Å². The molecule has 1 aromatic heterocycles. The average Bonchev–Trinajstić information content (AvgIpc) is 3.10. The maximum Gasteiger partial charge on any atom is 0.119 e. The molecule has 1 heterocycles. The zero-order valence-corrected chi connectivity index (χ0v) is 11.5. The number of aromatic nitrogens is 1. The van der Waals surface area contributed by atoms with Gasteiger partial charge in [-0.2, -0.15) is 0 Å². The normalized spacial score (nSPS) is 20.7. The number of hydrogen-bond donors (Lipinski definition) is 2. The van der Waals surface area contributed by atoms with Crippen LogP contribution in [0.25, 0.3) is 11.3 Å². The molecule has 3 nitrogen and oxygen atoms in total. The van der Waals surface area contributed by atoms with Crippen molar-refractivity contribution in [3.63, 3.8) is 0 Å². The van der Waals surface area contributed by atoms with Crippen LogP contribution in [0.2, 0.25) is 0 Å². The lowest BCUT2D eigenvalue weighted by Crippen LogP contribution is -2.01. The predicted molar refractivity (Wildman–Crippen MR) is 78.7 cm³/mol. The fourth-order valence-electron chi connectivity index (χ4n) is 2.16. The van der Waals surface area contributed by atoms with E-state index < -0.39 is 0 Å². The Bertz CT molecular complexity index is 583. The number of nitrogens with zero attached hydrogens (tertiary/aromatic N) is 1. The van der Waals surface area contributed by atoms with Crippen molar-refractivity contribution in [2.45, 2.75) is 25.3 Å². The average molecular weight is 277 g/mol. The van der Waals surface area contributed by atoms with E-state index in [2.05, 4.69) is 11.1 Å². The van der Waals surface area contributed by atoms with Crippen LogP contribution in [0.3, 0.4) is 0 Å². The van der Waals surface area contributed by atoms with E-state index in [0.717, 1.165) is 23.2 Å². The molecule has 0 amide bonds. The van der Waals surface area contributed by atoms with Crippen LogP contribution in [0, 0.1) is 6.92 Å². The SMILES string of the molecule is Cc1ccc(-c2ccc([C@H]3C[C@@H]3N)cn2)cc1O.Cl. The van der Waals surface area contributed by atoms with E-state index in [1.807, 2.05) is 31.3 Å². The Morgan fingerprint density at radius 2 is 2.00 bits per heavy atom. The first-order valence-corrected chi connectivity index (χ1v) is 6.16. The Balaban J connectivity index is 0.00000133. The van der Waals surface area contributed by atoms with Gasteiger partial charge in [0.1, 0.15) is 5.75 Å². The van der Waals surface area contributed by atoms with Crippen LogP contribution in [0.4, 0.5) is 0 Å². The summed E-state index contributed by atoms with van der Waals surface area (Å²) in [6.07, 6.45) is 2.95. The molecule has 0 bridgehead atoms. The number of phenolic OH excluding ortho intramolecular Hbond substituents is 1. The molecule has 1 fully saturated rings. The molecule has 4 heteroatoms. The van der Waals surface area contributed by atoms with Crippen molar-refractivity contribution in [2.75, 3.05) is 0 Å². The van der Waals surface area contributed by atoms with Gasteiger partial charge in [-0.3, -0.25) is 4.98 Å². The molecule has 1 aliphatic carbocycles. The summed E-state index contributed by atoms with van der Waals surface area (Å²) < 4.78 is 0. The molecule has 0 radical (unpaired) electrons. The van der Waals surface area contributed by atoms with E-state index in [-0.39, 0.29) is 12.4 Å². The summed E-state index contributed by atoms with van der Waals surface area (Å²) in [5.41, 5.74) is 9.72. The first-order valence-electron chi connectivity index (χ1n) is 6.16. The van der Waals surface area contributed by atoms with Gasteiger partial charge in [0.25, 0.3) is 0 Å². The van der Waals surface area contributed by atoms with Crippen LogP contribution in [0.5, 0.6) is 5.75 Å². The van der Waals surface area contributed by atoms with Crippen molar-refractivity contribution in [1.82, 2.24) is 4.98 Å². The maximum absolute atomic E-state index is 9.70. The highest BCUT2D eigenvalue weighted by atomic mass is 35.5. The summed E-state index contributed by atoms with van der Waals surface area (Å²) in [6, 6.07) is 10.00. The largest absolute Gasteiger partial charge is 0.508 e. The lowest BCUT2D eigenvalue weighted by atomic mass is 10.1. The van der Waals surface area contributed by atoms with E-state index in [9.17, 15) is 5.11 Å². The molecule has 3 rings (SSSR count). The second kappa shape index (κ2) is 5.19. The molecule has 100 valence electrons. The van der Waals surface area contributed by atoms with Crippen LogP contribution in [-0.4, -0.2) is 16.1 Å². The minimum Gasteiger partial charge on any atom is -0.508 e. The number of phenols is 1. The highest BCUT2D eigenvalue weighted by Gasteiger charge is 2.34. The Morgan fingerprint density at radius 3 is 2.53 bits per heavy atom. The Hall–Kier alpha value is -1.58. The zero-order valence-electron chi connectivity index (χ0n) is 10.7. The molecule has 1 aliphatic rings. The first-order chi connectivity index (χ1) is 8.65. The van der Waals surface area contributed by atoms with Crippen LogP contribution in [-0.2, 0) is 0 Å². The number of nitrogens with two attached hydrogens (primary N) is 1. The fraction of sp³-hybridized carbons (Fsp3) is 0.267. The van der Waals surface area contributed by atoms with Crippen molar-refractivity contribution in [1.29, 1.82) is 0 Å². The van der Waals surface area contributed by atoms with Crippen molar-refractivity contribution in [3.05, 3.63) is 47.7 Å². The Labute approximate surface area is 118 Å². The summed E-state index contributed by atoms with van der Waals surface area (Å²) >= 11 is 0. The molecule has 0 aliphatic heterocycles. The molecule has 0 unspecified atom stereocenters. The van der Waals surface area contributed by atoms with E-state index in [1.165, 1.54) is 5.56 Å². The van der Waals surface area contributed by atoms with Gasteiger partial charge < -0.3 is 10.8 Å². The van der Waals surface area contributed by atoms with E-state index >= 15 is 0 Å². The molecular weight excluding hydrogens is 260 g/mol. The number of halogens is 1. The second-order valence-electron chi connectivity index (χ2n) is 4.98. The summed E-state index contributed by atoms with van der Waals surface area (Å²) in [7, 11) is 0. The smallest absolute Gasteiger partial charge is 0.119 e. The third-order valence-electron chi connectivity index (χ3n) is 3.56. The number of pyridine rings is 1. The molecule has 1 saturated carbocycles. The van der Waals surface area contributed by atoms with E-state index in [0.29, 0.717) is 17.7 Å². The van der Waals surface area contributed by atoms with Crippen molar-refractivity contribution in [3.8, 4) is 17.0 Å². The predicted octanol–water partition coefficient (Wildman–Crippen LogP) is 3.00. The maximum atomic E-state index is 9.70.